The third-order valence-electron chi connectivity index (χ3n) is 3.16. The maximum atomic E-state index is 12.6. The predicted octanol–water partition coefficient (Wildman–Crippen LogP) is 3.78. The van der Waals surface area contributed by atoms with Crippen LogP contribution < -0.4 is 0 Å². The third kappa shape index (κ3) is 2.72. The lowest BCUT2D eigenvalue weighted by atomic mass is 10.1. The Bertz CT molecular complexity index is 580. The summed E-state index contributed by atoms with van der Waals surface area (Å²) in [5, 5.41) is 0. The van der Waals surface area contributed by atoms with Crippen LogP contribution in [0.2, 0.25) is 0 Å². The highest BCUT2D eigenvalue weighted by molar-refractivity contribution is 7.95. The molecule has 0 saturated carbocycles. The fraction of sp³-hybridized carbons (Fsp3) is 0.333. The van der Waals surface area contributed by atoms with Crippen molar-refractivity contribution < 1.29 is 8.42 Å². The average molecular weight is 262 g/mol. The Hall–Kier alpha value is -1.35. The van der Waals surface area contributed by atoms with Gasteiger partial charge in [0.15, 0.2) is 0 Å². The summed E-state index contributed by atoms with van der Waals surface area (Å²) < 4.78 is 25.1. The quantitative estimate of drug-likeness (QED) is 0.760. The number of hydrogen-bond acceptors (Lipinski definition) is 2. The monoisotopic (exact) mass is 262 g/mol. The summed E-state index contributed by atoms with van der Waals surface area (Å²) in [5.74, 6) is 0. The number of sulfone groups is 1. The van der Waals surface area contributed by atoms with Gasteiger partial charge in [0.1, 0.15) is 0 Å². The van der Waals surface area contributed by atoms with Crippen LogP contribution in [-0.2, 0) is 9.84 Å². The highest BCUT2D eigenvalue weighted by Gasteiger charge is 2.21. The van der Waals surface area contributed by atoms with E-state index in [0.29, 0.717) is 16.2 Å². The molecule has 0 spiro atoms. The smallest absolute Gasteiger partial charge is 0.203 e. The largest absolute Gasteiger partial charge is 0.219 e. The zero-order chi connectivity index (χ0) is 13.0. The van der Waals surface area contributed by atoms with Crippen LogP contribution in [0.15, 0.2) is 52.3 Å². The van der Waals surface area contributed by atoms with Gasteiger partial charge >= 0.3 is 0 Å². The minimum atomic E-state index is -3.32. The molecule has 0 heterocycles. The van der Waals surface area contributed by atoms with Crippen molar-refractivity contribution in [2.75, 3.05) is 0 Å². The maximum Gasteiger partial charge on any atom is 0.203 e. The Balaban J connectivity index is 2.42. The van der Waals surface area contributed by atoms with Gasteiger partial charge in [-0.1, -0.05) is 36.4 Å². The van der Waals surface area contributed by atoms with Crippen LogP contribution in [0.4, 0.5) is 0 Å². The third-order valence-corrected chi connectivity index (χ3v) is 5.22. The predicted molar refractivity (Wildman–Crippen MR) is 74.1 cm³/mol. The topological polar surface area (TPSA) is 34.1 Å². The summed E-state index contributed by atoms with van der Waals surface area (Å²) in [6.07, 6.45) is 9.31. The highest BCUT2D eigenvalue weighted by Crippen LogP contribution is 2.26. The van der Waals surface area contributed by atoms with Crippen molar-refractivity contribution in [2.45, 2.75) is 37.5 Å². The lowest BCUT2D eigenvalue weighted by molar-refractivity contribution is 0.600. The summed E-state index contributed by atoms with van der Waals surface area (Å²) in [7, 11) is -3.32. The molecule has 0 fully saturated rings. The summed E-state index contributed by atoms with van der Waals surface area (Å²) in [6, 6.07) is 7.17. The molecule has 1 aromatic carbocycles. The van der Waals surface area contributed by atoms with E-state index in [1.165, 1.54) is 0 Å². The van der Waals surface area contributed by atoms with Gasteiger partial charge < -0.3 is 0 Å². The Morgan fingerprint density at radius 3 is 2.61 bits per heavy atom. The molecular weight excluding hydrogens is 244 g/mol. The van der Waals surface area contributed by atoms with Gasteiger partial charge in [0.05, 0.1) is 4.90 Å². The van der Waals surface area contributed by atoms with Crippen molar-refractivity contribution in [1.29, 1.82) is 0 Å². The van der Waals surface area contributed by atoms with Crippen molar-refractivity contribution in [3.05, 3.63) is 53.0 Å². The van der Waals surface area contributed by atoms with Crippen LogP contribution in [0.25, 0.3) is 0 Å². The maximum absolute atomic E-state index is 12.6. The van der Waals surface area contributed by atoms with Gasteiger partial charge in [0.2, 0.25) is 9.84 Å². The molecule has 1 aromatic rings. The molecule has 2 nitrogen and oxygen atoms in total. The highest BCUT2D eigenvalue weighted by atomic mass is 32.2. The first-order valence-electron chi connectivity index (χ1n) is 6.27. The molecule has 0 aromatic heterocycles. The summed E-state index contributed by atoms with van der Waals surface area (Å²) >= 11 is 0. The van der Waals surface area contributed by atoms with E-state index in [4.69, 9.17) is 0 Å². The average Bonchev–Trinajstić information content (AvgIpc) is 2.28. The van der Waals surface area contributed by atoms with Crippen molar-refractivity contribution >= 4 is 9.84 Å². The van der Waals surface area contributed by atoms with Gasteiger partial charge in [0.25, 0.3) is 0 Å². The van der Waals surface area contributed by atoms with E-state index in [0.717, 1.165) is 24.8 Å². The van der Waals surface area contributed by atoms with Crippen LogP contribution in [0, 0.1) is 6.92 Å². The van der Waals surface area contributed by atoms with Crippen LogP contribution in [-0.4, -0.2) is 8.42 Å². The van der Waals surface area contributed by atoms with Gasteiger partial charge in [-0.05, 0) is 37.8 Å². The molecule has 0 atom stereocenters. The molecule has 96 valence electrons. The van der Waals surface area contributed by atoms with Crippen molar-refractivity contribution in [3.8, 4) is 0 Å². The lowest BCUT2D eigenvalue weighted by Crippen LogP contribution is -2.07. The minimum absolute atomic E-state index is 0.435. The summed E-state index contributed by atoms with van der Waals surface area (Å²) in [4.78, 5) is 0.970. The molecule has 0 saturated heterocycles. The molecule has 18 heavy (non-hydrogen) atoms. The molecule has 0 bridgehead atoms. The number of aryl methyl sites for hydroxylation is 1. The molecule has 1 aliphatic carbocycles. The van der Waals surface area contributed by atoms with E-state index in [-0.39, 0.29) is 0 Å². The number of hydrogen-bond donors (Lipinski definition) is 0. The van der Waals surface area contributed by atoms with Gasteiger partial charge in [-0.2, -0.15) is 0 Å². The van der Waals surface area contributed by atoms with E-state index in [9.17, 15) is 8.42 Å². The SMILES string of the molecule is Cc1ccccc1S(=O)(=O)/C1=C/CCC/C=C\C1. The molecule has 0 amide bonds. The van der Waals surface area contributed by atoms with E-state index in [1.807, 2.05) is 31.2 Å². The first kappa shape index (κ1) is 13.1. The summed E-state index contributed by atoms with van der Waals surface area (Å²) in [5.41, 5.74) is 0.810. The fourth-order valence-electron chi connectivity index (χ4n) is 2.12. The summed E-state index contributed by atoms with van der Waals surface area (Å²) in [6.45, 7) is 1.84. The molecule has 0 aliphatic heterocycles. The molecule has 0 unspecified atom stereocenters. The zero-order valence-corrected chi connectivity index (χ0v) is 11.4. The lowest BCUT2D eigenvalue weighted by Gasteiger charge is -2.11. The number of benzene rings is 1. The van der Waals surface area contributed by atoms with Gasteiger partial charge in [0, 0.05) is 11.3 Å². The van der Waals surface area contributed by atoms with Gasteiger partial charge in [-0.15, -0.1) is 0 Å². The molecule has 3 heteroatoms. The fourth-order valence-corrected chi connectivity index (χ4v) is 3.80. The molecule has 0 N–H and O–H groups in total. The minimum Gasteiger partial charge on any atom is -0.219 e. The van der Waals surface area contributed by atoms with Crippen LogP contribution in [0.3, 0.4) is 0 Å². The van der Waals surface area contributed by atoms with Gasteiger partial charge in [-0.3, -0.25) is 0 Å². The molecule has 1 aliphatic rings. The van der Waals surface area contributed by atoms with Crippen molar-refractivity contribution in [1.82, 2.24) is 0 Å². The Kier molecular flexibility index (Phi) is 4.02. The normalized spacial score (nSPS) is 21.5. The molecule has 0 radical (unpaired) electrons. The Morgan fingerprint density at radius 2 is 1.83 bits per heavy atom. The first-order valence-corrected chi connectivity index (χ1v) is 7.75. The van der Waals surface area contributed by atoms with E-state index in [2.05, 4.69) is 6.08 Å². The van der Waals surface area contributed by atoms with Crippen LogP contribution in [0.5, 0.6) is 0 Å². The Labute approximate surface area is 109 Å². The Morgan fingerprint density at radius 1 is 1.06 bits per heavy atom. The zero-order valence-electron chi connectivity index (χ0n) is 10.6. The molecule has 2 rings (SSSR count). The van der Waals surface area contributed by atoms with E-state index >= 15 is 0 Å². The van der Waals surface area contributed by atoms with Crippen molar-refractivity contribution in [2.24, 2.45) is 0 Å². The second-order valence-corrected chi connectivity index (χ2v) is 6.52. The van der Waals surface area contributed by atoms with Gasteiger partial charge in [-0.25, -0.2) is 8.42 Å². The first-order chi connectivity index (χ1) is 8.62. The molecular formula is C15H18O2S. The standard InChI is InChI=1S/C15H18O2S/c1-13-9-7-8-12-15(13)18(16,17)14-10-5-3-2-4-6-11-14/h3,5,7-9,11-12H,2,4,6,10H2,1H3/b5-3-,14-11+. The second-order valence-electron chi connectivity index (χ2n) is 4.55. The number of allylic oxidation sites excluding steroid dienone is 4. The van der Waals surface area contributed by atoms with Crippen molar-refractivity contribution in [3.63, 3.8) is 0 Å². The van der Waals surface area contributed by atoms with Crippen LogP contribution in [0.1, 0.15) is 31.2 Å². The second kappa shape index (κ2) is 5.53. The number of rotatable bonds is 2. The van der Waals surface area contributed by atoms with E-state index < -0.39 is 9.84 Å². The van der Waals surface area contributed by atoms with Crippen LogP contribution >= 0.6 is 0 Å². The van der Waals surface area contributed by atoms with E-state index in [1.54, 1.807) is 12.1 Å².